The van der Waals surface area contributed by atoms with E-state index < -0.39 is 17.8 Å². The number of hydrogen-bond acceptors (Lipinski definition) is 3. The molecule has 2 rings (SSSR count). The Labute approximate surface area is 115 Å². The maximum atomic E-state index is 13.8. The Morgan fingerprint density at radius 2 is 1.90 bits per heavy atom. The first-order chi connectivity index (χ1) is 9.49. The number of ether oxygens (including phenoxy) is 1. The van der Waals surface area contributed by atoms with E-state index >= 15 is 0 Å². The zero-order valence-corrected chi connectivity index (χ0v) is 10.8. The standard InChI is InChI=1S/C15H14FNO3/c1-9(18)12-3-2-4-13(16)14(12)20-11-7-5-10(6-8-11)15(17)19/h2-9,18H,1H3,(H2,17,19). The fourth-order valence-electron chi connectivity index (χ4n) is 1.77. The highest BCUT2D eigenvalue weighted by Crippen LogP contribution is 2.32. The van der Waals surface area contributed by atoms with E-state index in [-0.39, 0.29) is 5.75 Å². The van der Waals surface area contributed by atoms with Crippen molar-refractivity contribution in [3.8, 4) is 11.5 Å². The van der Waals surface area contributed by atoms with Gasteiger partial charge >= 0.3 is 0 Å². The summed E-state index contributed by atoms with van der Waals surface area (Å²) in [6.45, 7) is 1.53. The number of nitrogens with two attached hydrogens (primary N) is 1. The van der Waals surface area contributed by atoms with Gasteiger partial charge in [-0.3, -0.25) is 4.79 Å². The van der Waals surface area contributed by atoms with Gasteiger partial charge in [-0.25, -0.2) is 4.39 Å². The predicted octanol–water partition coefficient (Wildman–Crippen LogP) is 2.77. The summed E-state index contributed by atoms with van der Waals surface area (Å²) in [5.41, 5.74) is 5.82. The molecule has 3 N–H and O–H groups in total. The average Bonchev–Trinajstić information content (AvgIpc) is 2.41. The van der Waals surface area contributed by atoms with Crippen LogP contribution in [-0.4, -0.2) is 11.0 Å². The zero-order chi connectivity index (χ0) is 14.7. The van der Waals surface area contributed by atoms with E-state index in [1.54, 1.807) is 6.07 Å². The molecule has 0 radical (unpaired) electrons. The minimum atomic E-state index is -0.856. The lowest BCUT2D eigenvalue weighted by atomic mass is 10.1. The van der Waals surface area contributed by atoms with Crippen LogP contribution in [0.25, 0.3) is 0 Å². The van der Waals surface area contributed by atoms with E-state index in [1.807, 2.05) is 0 Å². The van der Waals surface area contributed by atoms with Crippen LogP contribution in [0.15, 0.2) is 42.5 Å². The Bertz CT molecular complexity index is 624. The average molecular weight is 275 g/mol. The van der Waals surface area contributed by atoms with Crippen LogP contribution in [0.1, 0.15) is 28.9 Å². The number of carbonyl (C=O) groups is 1. The first-order valence-corrected chi connectivity index (χ1v) is 6.03. The van der Waals surface area contributed by atoms with Gasteiger partial charge in [-0.05, 0) is 37.3 Å². The molecule has 0 aliphatic rings. The van der Waals surface area contributed by atoms with Gasteiger partial charge in [0.15, 0.2) is 11.6 Å². The maximum Gasteiger partial charge on any atom is 0.248 e. The molecule has 0 aliphatic carbocycles. The summed E-state index contributed by atoms with van der Waals surface area (Å²) in [6, 6.07) is 10.3. The number of hydrogen-bond donors (Lipinski definition) is 2. The molecule has 4 nitrogen and oxygen atoms in total. The van der Waals surface area contributed by atoms with Crippen LogP contribution in [0.2, 0.25) is 0 Å². The summed E-state index contributed by atoms with van der Waals surface area (Å²) in [5, 5.41) is 9.62. The van der Waals surface area contributed by atoms with E-state index in [9.17, 15) is 14.3 Å². The van der Waals surface area contributed by atoms with Crippen LogP contribution in [0.4, 0.5) is 4.39 Å². The number of carbonyl (C=O) groups excluding carboxylic acids is 1. The Hall–Kier alpha value is -2.40. The van der Waals surface area contributed by atoms with Crippen LogP contribution < -0.4 is 10.5 Å². The SMILES string of the molecule is CC(O)c1cccc(F)c1Oc1ccc(C(N)=O)cc1. The molecule has 0 aromatic heterocycles. The Balaban J connectivity index is 2.32. The van der Waals surface area contributed by atoms with Crippen LogP contribution in [0.3, 0.4) is 0 Å². The number of benzene rings is 2. The highest BCUT2D eigenvalue weighted by molar-refractivity contribution is 5.92. The van der Waals surface area contributed by atoms with E-state index in [1.165, 1.54) is 43.3 Å². The molecule has 0 fully saturated rings. The van der Waals surface area contributed by atoms with Gasteiger partial charge in [-0.2, -0.15) is 0 Å². The molecule has 0 spiro atoms. The van der Waals surface area contributed by atoms with Crippen molar-refractivity contribution in [2.24, 2.45) is 5.73 Å². The van der Waals surface area contributed by atoms with Crippen molar-refractivity contribution in [3.63, 3.8) is 0 Å². The molecule has 2 aromatic carbocycles. The molecule has 20 heavy (non-hydrogen) atoms. The fraction of sp³-hybridized carbons (Fsp3) is 0.133. The Morgan fingerprint density at radius 3 is 2.45 bits per heavy atom. The number of aliphatic hydroxyl groups excluding tert-OH is 1. The van der Waals surface area contributed by atoms with Crippen LogP contribution >= 0.6 is 0 Å². The molecule has 2 aromatic rings. The van der Waals surface area contributed by atoms with Crippen molar-refractivity contribution < 1.29 is 19.0 Å². The van der Waals surface area contributed by atoms with Gasteiger partial charge in [-0.1, -0.05) is 12.1 Å². The Morgan fingerprint density at radius 1 is 1.25 bits per heavy atom. The number of amides is 1. The number of aliphatic hydroxyl groups is 1. The summed E-state index contributed by atoms with van der Waals surface area (Å²) >= 11 is 0. The van der Waals surface area contributed by atoms with E-state index in [0.29, 0.717) is 16.9 Å². The van der Waals surface area contributed by atoms with Crippen molar-refractivity contribution in [2.45, 2.75) is 13.0 Å². The van der Waals surface area contributed by atoms with Crippen LogP contribution in [0, 0.1) is 5.82 Å². The van der Waals surface area contributed by atoms with Gasteiger partial charge in [0.1, 0.15) is 5.75 Å². The summed E-state index contributed by atoms with van der Waals surface area (Å²) in [5.74, 6) is -0.800. The maximum absolute atomic E-state index is 13.8. The third-order valence-electron chi connectivity index (χ3n) is 2.81. The quantitative estimate of drug-likeness (QED) is 0.901. The van der Waals surface area contributed by atoms with Gasteiger partial charge in [0.05, 0.1) is 6.10 Å². The van der Waals surface area contributed by atoms with Gasteiger partial charge in [-0.15, -0.1) is 0 Å². The predicted molar refractivity (Wildman–Crippen MR) is 72.1 cm³/mol. The van der Waals surface area contributed by atoms with Gasteiger partial charge in [0, 0.05) is 11.1 Å². The molecule has 1 atom stereocenters. The lowest BCUT2D eigenvalue weighted by molar-refractivity contribution is 0.100. The lowest BCUT2D eigenvalue weighted by Gasteiger charge is -2.14. The minimum absolute atomic E-state index is 0.0330. The minimum Gasteiger partial charge on any atom is -0.454 e. The van der Waals surface area contributed by atoms with Crippen LogP contribution in [0.5, 0.6) is 11.5 Å². The molecule has 5 heteroatoms. The van der Waals surface area contributed by atoms with E-state index in [2.05, 4.69) is 0 Å². The van der Waals surface area contributed by atoms with Crippen LogP contribution in [-0.2, 0) is 0 Å². The highest BCUT2D eigenvalue weighted by Gasteiger charge is 2.14. The molecule has 0 saturated carbocycles. The molecule has 0 aliphatic heterocycles. The Kier molecular flexibility index (Phi) is 4.00. The van der Waals surface area contributed by atoms with Crippen molar-refractivity contribution >= 4 is 5.91 Å². The highest BCUT2D eigenvalue weighted by atomic mass is 19.1. The van der Waals surface area contributed by atoms with Crippen molar-refractivity contribution in [1.82, 2.24) is 0 Å². The van der Waals surface area contributed by atoms with Gasteiger partial charge in [0.25, 0.3) is 0 Å². The molecule has 0 saturated heterocycles. The van der Waals surface area contributed by atoms with Crippen molar-refractivity contribution in [2.75, 3.05) is 0 Å². The number of rotatable bonds is 4. The van der Waals surface area contributed by atoms with Crippen molar-refractivity contribution in [3.05, 3.63) is 59.4 Å². The first-order valence-electron chi connectivity index (χ1n) is 6.03. The third-order valence-corrected chi connectivity index (χ3v) is 2.81. The normalized spacial score (nSPS) is 11.9. The number of para-hydroxylation sites is 1. The van der Waals surface area contributed by atoms with Crippen molar-refractivity contribution in [1.29, 1.82) is 0 Å². The molecule has 0 heterocycles. The molecular weight excluding hydrogens is 261 g/mol. The smallest absolute Gasteiger partial charge is 0.248 e. The molecular formula is C15H14FNO3. The summed E-state index contributed by atoms with van der Waals surface area (Å²) < 4.78 is 19.2. The zero-order valence-electron chi connectivity index (χ0n) is 10.8. The molecule has 104 valence electrons. The summed E-state index contributed by atoms with van der Waals surface area (Å²) in [7, 11) is 0. The second-order valence-electron chi connectivity index (χ2n) is 4.32. The third kappa shape index (κ3) is 2.95. The molecule has 1 unspecified atom stereocenters. The number of primary amides is 1. The molecule has 1 amide bonds. The molecule has 0 bridgehead atoms. The summed E-state index contributed by atoms with van der Waals surface area (Å²) in [4.78, 5) is 11.0. The van der Waals surface area contributed by atoms with E-state index in [0.717, 1.165) is 0 Å². The second-order valence-corrected chi connectivity index (χ2v) is 4.32. The second kappa shape index (κ2) is 5.71. The first kappa shape index (κ1) is 14.0. The topological polar surface area (TPSA) is 72.6 Å². The fourth-order valence-corrected chi connectivity index (χ4v) is 1.77. The largest absolute Gasteiger partial charge is 0.454 e. The van der Waals surface area contributed by atoms with Gasteiger partial charge < -0.3 is 15.6 Å². The monoisotopic (exact) mass is 275 g/mol. The summed E-state index contributed by atoms with van der Waals surface area (Å²) in [6.07, 6.45) is -0.856. The van der Waals surface area contributed by atoms with Gasteiger partial charge in [0.2, 0.25) is 5.91 Å². The van der Waals surface area contributed by atoms with E-state index in [4.69, 9.17) is 10.5 Å². The number of halogens is 1. The lowest BCUT2D eigenvalue weighted by Crippen LogP contribution is -2.10.